The van der Waals surface area contributed by atoms with Gasteiger partial charge in [0.1, 0.15) is 17.5 Å². The Balaban J connectivity index is 1.58. The van der Waals surface area contributed by atoms with Crippen molar-refractivity contribution in [2.45, 2.75) is 70.2 Å². The van der Waals surface area contributed by atoms with Gasteiger partial charge in [-0.3, -0.25) is 14.4 Å². The van der Waals surface area contributed by atoms with Gasteiger partial charge in [0.15, 0.2) is 12.3 Å². The van der Waals surface area contributed by atoms with Gasteiger partial charge in [-0.05, 0) is 57.7 Å². The van der Waals surface area contributed by atoms with E-state index in [4.69, 9.17) is 4.74 Å². The number of alkyl carbamates (subject to hydrolysis) is 1. The first kappa shape index (κ1) is 22.5. The zero-order valence-electron chi connectivity index (χ0n) is 17.9. The third kappa shape index (κ3) is 3.94. The predicted octanol–water partition coefficient (Wildman–Crippen LogP) is 3.35. The van der Waals surface area contributed by atoms with Gasteiger partial charge in [-0.25, -0.2) is 9.18 Å². The fourth-order valence-electron chi connectivity index (χ4n) is 4.13. The molecule has 1 saturated carbocycles. The Hall–Kier alpha value is -2.69. The maximum Gasteiger partial charge on any atom is 0.408 e. The van der Waals surface area contributed by atoms with Crippen LogP contribution in [-0.2, 0) is 26.4 Å². The number of ether oxygens (including phenoxy) is 1. The summed E-state index contributed by atoms with van der Waals surface area (Å²) in [4.78, 5) is 50.7. The lowest BCUT2D eigenvalue weighted by molar-refractivity contribution is -0.145. The maximum absolute atomic E-state index is 15.0. The van der Waals surface area contributed by atoms with Crippen LogP contribution in [-0.4, -0.2) is 44.7 Å². The third-order valence-corrected chi connectivity index (χ3v) is 6.37. The molecule has 172 valence electrons. The van der Waals surface area contributed by atoms with Gasteiger partial charge in [-0.2, -0.15) is 4.31 Å². The molecule has 8 nitrogen and oxygen atoms in total. The number of piperidine rings is 1. The first-order valence-corrected chi connectivity index (χ1v) is 10.9. The number of carbonyl (C=O) groups excluding carboxylic acids is 4. The summed E-state index contributed by atoms with van der Waals surface area (Å²) >= 11 is -0.494. The lowest BCUT2D eigenvalue weighted by Crippen LogP contribution is -2.51. The Kier molecular flexibility index (Phi) is 5.43. The molecule has 0 aromatic heterocycles. The van der Waals surface area contributed by atoms with Crippen LogP contribution >= 0.6 is 12.3 Å². The SMILES string of the molecule is CC(C)(C)OC(=O)NC1(c2cc(F)c3c(c2)C(=O)N(C2CCC(=O)N(SF)C2=O)C3)CC1. The Labute approximate surface area is 188 Å². The largest absolute Gasteiger partial charge is 0.444 e. The molecule has 2 aliphatic heterocycles. The minimum Gasteiger partial charge on any atom is -0.444 e. The average Bonchev–Trinajstić information content (AvgIpc) is 3.38. The Morgan fingerprint density at radius 1 is 1.25 bits per heavy atom. The number of carbonyl (C=O) groups is 4. The van der Waals surface area contributed by atoms with Gasteiger partial charge >= 0.3 is 6.09 Å². The summed E-state index contributed by atoms with van der Waals surface area (Å²) in [5.74, 6) is -2.69. The van der Waals surface area contributed by atoms with E-state index in [0.717, 1.165) is 0 Å². The molecule has 0 bridgehead atoms. The molecule has 0 spiro atoms. The van der Waals surface area contributed by atoms with E-state index in [1.165, 1.54) is 17.0 Å². The Bertz CT molecular complexity index is 1020. The van der Waals surface area contributed by atoms with Gasteiger partial charge < -0.3 is 15.0 Å². The van der Waals surface area contributed by atoms with Gasteiger partial charge in [0, 0.05) is 17.5 Å². The number of benzene rings is 1. The van der Waals surface area contributed by atoms with E-state index in [1.54, 1.807) is 20.8 Å². The molecule has 3 aliphatic rings. The summed E-state index contributed by atoms with van der Waals surface area (Å²) in [6, 6.07) is 1.77. The van der Waals surface area contributed by atoms with Gasteiger partial charge in [0.2, 0.25) is 5.91 Å². The first-order valence-electron chi connectivity index (χ1n) is 10.3. The number of halogens is 2. The molecule has 1 saturated heterocycles. The average molecular weight is 467 g/mol. The van der Waals surface area contributed by atoms with Crippen LogP contribution in [0.5, 0.6) is 0 Å². The fourth-order valence-corrected chi connectivity index (χ4v) is 4.49. The van der Waals surface area contributed by atoms with Gasteiger partial charge in [-0.15, -0.1) is 3.89 Å². The van der Waals surface area contributed by atoms with E-state index in [0.29, 0.717) is 22.7 Å². The smallest absolute Gasteiger partial charge is 0.408 e. The highest BCUT2D eigenvalue weighted by Crippen LogP contribution is 2.47. The third-order valence-electron chi connectivity index (χ3n) is 5.85. The number of rotatable bonds is 4. The molecule has 1 aromatic rings. The van der Waals surface area contributed by atoms with Crippen LogP contribution < -0.4 is 5.32 Å². The minimum absolute atomic E-state index is 0.0487. The molecule has 1 atom stereocenters. The lowest BCUT2D eigenvalue weighted by Gasteiger charge is -2.32. The van der Waals surface area contributed by atoms with Crippen LogP contribution in [0.1, 0.15) is 67.9 Å². The molecule has 1 aliphatic carbocycles. The summed E-state index contributed by atoms with van der Waals surface area (Å²) in [5, 5.41) is 2.78. The van der Waals surface area contributed by atoms with E-state index in [2.05, 4.69) is 5.32 Å². The number of amides is 4. The second-order valence-electron chi connectivity index (χ2n) is 9.28. The zero-order valence-corrected chi connectivity index (χ0v) is 18.7. The van der Waals surface area contributed by atoms with Crippen molar-refractivity contribution in [1.29, 1.82) is 0 Å². The van der Waals surface area contributed by atoms with Crippen molar-refractivity contribution in [3.05, 3.63) is 34.6 Å². The quantitative estimate of drug-likeness (QED) is 0.539. The minimum atomic E-state index is -1.05. The van der Waals surface area contributed by atoms with Crippen LogP contribution in [0, 0.1) is 5.82 Å². The van der Waals surface area contributed by atoms with E-state index in [1.807, 2.05) is 0 Å². The zero-order chi connectivity index (χ0) is 23.4. The van der Waals surface area contributed by atoms with E-state index in [9.17, 15) is 27.5 Å². The standard InChI is InChI=1S/C21H23F2N3O5S/c1-20(2,3)31-19(30)24-21(6-7-21)11-8-12-13(14(22)9-11)10-25(17(12)28)15-4-5-16(27)26(32-23)18(15)29/h8-9,15H,4-7,10H2,1-3H3,(H,24,30). The molecule has 32 heavy (non-hydrogen) atoms. The number of nitrogens with one attached hydrogen (secondary N) is 1. The summed E-state index contributed by atoms with van der Waals surface area (Å²) in [7, 11) is 0. The number of nitrogens with zero attached hydrogens (tertiary/aromatic N) is 2. The summed E-state index contributed by atoms with van der Waals surface area (Å²) < 4.78 is 33.7. The van der Waals surface area contributed by atoms with Gasteiger partial charge in [0.25, 0.3) is 11.8 Å². The van der Waals surface area contributed by atoms with Crippen molar-refractivity contribution in [3.8, 4) is 0 Å². The summed E-state index contributed by atoms with van der Waals surface area (Å²) in [5.41, 5.74) is -0.835. The highest BCUT2D eigenvalue weighted by molar-refractivity contribution is 7.93. The van der Waals surface area contributed by atoms with Crippen molar-refractivity contribution in [2.24, 2.45) is 0 Å². The first-order chi connectivity index (χ1) is 15.0. The fraction of sp³-hybridized carbons (Fsp3) is 0.524. The van der Waals surface area contributed by atoms with Crippen LogP contribution in [0.15, 0.2) is 12.1 Å². The normalized spacial score (nSPS) is 22.2. The molecular weight excluding hydrogens is 444 g/mol. The van der Waals surface area contributed by atoms with Crippen molar-refractivity contribution >= 4 is 36.1 Å². The molecule has 2 fully saturated rings. The van der Waals surface area contributed by atoms with Gasteiger partial charge in [0.05, 0.1) is 12.1 Å². The molecule has 1 aromatic carbocycles. The van der Waals surface area contributed by atoms with Crippen molar-refractivity contribution < 1.29 is 32.2 Å². The van der Waals surface area contributed by atoms with Crippen LogP contribution in [0.4, 0.5) is 13.1 Å². The van der Waals surface area contributed by atoms with Crippen LogP contribution in [0.2, 0.25) is 0 Å². The number of hydrogen-bond acceptors (Lipinski definition) is 6. The van der Waals surface area contributed by atoms with Crippen molar-refractivity contribution in [2.75, 3.05) is 0 Å². The van der Waals surface area contributed by atoms with E-state index < -0.39 is 59.1 Å². The predicted molar refractivity (Wildman–Crippen MR) is 110 cm³/mol. The van der Waals surface area contributed by atoms with Crippen molar-refractivity contribution in [3.63, 3.8) is 0 Å². The molecule has 2 heterocycles. The maximum atomic E-state index is 15.0. The Morgan fingerprint density at radius 3 is 2.53 bits per heavy atom. The number of fused-ring (bicyclic) bond motifs is 1. The summed E-state index contributed by atoms with van der Waals surface area (Å²) in [6.45, 7) is 5.05. The number of hydrogen-bond donors (Lipinski definition) is 1. The lowest BCUT2D eigenvalue weighted by atomic mass is 9.98. The van der Waals surface area contributed by atoms with Crippen molar-refractivity contribution in [1.82, 2.24) is 14.5 Å². The molecule has 11 heteroatoms. The highest BCUT2D eigenvalue weighted by Gasteiger charge is 2.49. The second-order valence-corrected chi connectivity index (χ2v) is 9.78. The van der Waals surface area contributed by atoms with E-state index in [-0.39, 0.29) is 30.5 Å². The van der Waals surface area contributed by atoms with Crippen LogP contribution in [0.3, 0.4) is 0 Å². The molecule has 0 radical (unpaired) electrons. The molecule has 1 N–H and O–H groups in total. The van der Waals surface area contributed by atoms with Crippen LogP contribution in [0.25, 0.3) is 0 Å². The topological polar surface area (TPSA) is 96.0 Å². The highest BCUT2D eigenvalue weighted by atomic mass is 32.2. The Morgan fingerprint density at radius 2 is 1.94 bits per heavy atom. The van der Waals surface area contributed by atoms with E-state index >= 15 is 0 Å². The number of imide groups is 1. The molecular formula is C21H23F2N3O5S. The molecule has 4 amide bonds. The second kappa shape index (κ2) is 7.72. The van der Waals surface area contributed by atoms with Gasteiger partial charge in [-0.1, -0.05) is 0 Å². The monoisotopic (exact) mass is 467 g/mol. The molecule has 1 unspecified atom stereocenters. The molecule has 4 rings (SSSR count). The summed E-state index contributed by atoms with van der Waals surface area (Å²) in [6.07, 6.45) is 0.449.